The molecule has 2 heterocycles. The van der Waals surface area contributed by atoms with Gasteiger partial charge in [0.1, 0.15) is 0 Å². The van der Waals surface area contributed by atoms with Crippen LogP contribution in [0, 0.1) is 5.92 Å². The molecule has 0 atom stereocenters. The topological polar surface area (TPSA) is 43.8 Å². The van der Waals surface area contributed by atoms with E-state index in [-0.39, 0.29) is 0 Å². The summed E-state index contributed by atoms with van der Waals surface area (Å²) in [5.74, 6) is -0.115. The van der Waals surface area contributed by atoms with Crippen LogP contribution in [-0.2, 0) is 11.3 Å². The van der Waals surface area contributed by atoms with Crippen molar-refractivity contribution < 1.29 is 9.90 Å². The maximum absolute atomic E-state index is 10.6. The molecule has 5 heteroatoms. The summed E-state index contributed by atoms with van der Waals surface area (Å²) in [4.78, 5) is 16.6. The van der Waals surface area contributed by atoms with Gasteiger partial charge in [-0.25, -0.2) is 4.79 Å². The van der Waals surface area contributed by atoms with Gasteiger partial charge in [0.05, 0.1) is 0 Å². The van der Waals surface area contributed by atoms with Crippen molar-refractivity contribution in [3.05, 3.63) is 28.0 Å². The summed E-state index contributed by atoms with van der Waals surface area (Å²) in [6, 6.07) is 1.99. The van der Waals surface area contributed by atoms with Crippen LogP contribution in [0.4, 0.5) is 0 Å². The Morgan fingerprint density at radius 2 is 2.24 bits per heavy atom. The summed E-state index contributed by atoms with van der Waals surface area (Å²) in [6.45, 7) is 4.41. The maximum Gasteiger partial charge on any atom is 0.328 e. The Hall–Kier alpha value is -1.17. The van der Waals surface area contributed by atoms with Crippen molar-refractivity contribution in [2.45, 2.75) is 19.4 Å². The highest BCUT2D eigenvalue weighted by molar-refractivity contribution is 7.10. The van der Waals surface area contributed by atoms with Crippen molar-refractivity contribution in [3.8, 4) is 0 Å². The van der Waals surface area contributed by atoms with Gasteiger partial charge in [0.15, 0.2) is 0 Å². The minimum Gasteiger partial charge on any atom is -0.478 e. The van der Waals surface area contributed by atoms with Crippen molar-refractivity contribution in [1.29, 1.82) is 0 Å². The van der Waals surface area contributed by atoms with Gasteiger partial charge in [-0.3, -0.25) is 0 Å². The summed E-state index contributed by atoms with van der Waals surface area (Å²) in [5.41, 5.74) is 1.03. The Balaban J connectivity index is 1.86. The van der Waals surface area contributed by atoms with Crippen LogP contribution < -0.4 is 0 Å². The van der Waals surface area contributed by atoms with Crippen LogP contribution in [0.25, 0.3) is 6.08 Å². The molecule has 1 N–H and O–H groups in total. The lowest BCUT2D eigenvalue weighted by molar-refractivity contribution is -0.131. The smallest absolute Gasteiger partial charge is 0.328 e. The highest BCUT2D eigenvalue weighted by Gasteiger charge is 2.18. The summed E-state index contributed by atoms with van der Waals surface area (Å²) >= 11 is 1.70. The summed E-state index contributed by atoms with van der Waals surface area (Å²) in [7, 11) is 4.34. The first-order valence-electron chi connectivity index (χ1n) is 7.39. The molecule has 0 amide bonds. The van der Waals surface area contributed by atoms with E-state index in [1.807, 2.05) is 11.4 Å². The van der Waals surface area contributed by atoms with Crippen LogP contribution in [-0.4, -0.2) is 54.6 Å². The molecule has 1 fully saturated rings. The van der Waals surface area contributed by atoms with Gasteiger partial charge in [-0.05, 0) is 69.0 Å². The number of likely N-dealkylation sites (tertiary alicyclic amines) is 1. The van der Waals surface area contributed by atoms with Gasteiger partial charge in [-0.15, -0.1) is 11.3 Å². The number of carbonyl (C=O) groups is 1. The molecule has 0 aromatic carbocycles. The molecule has 1 aliphatic heterocycles. The quantitative estimate of drug-likeness (QED) is 0.821. The first-order chi connectivity index (χ1) is 10.0. The van der Waals surface area contributed by atoms with Crippen LogP contribution in [0.3, 0.4) is 0 Å². The summed E-state index contributed by atoms with van der Waals surface area (Å²) in [6.07, 6.45) is 5.45. The zero-order chi connectivity index (χ0) is 15.2. The number of carboxylic acids is 1. The molecule has 116 valence electrons. The van der Waals surface area contributed by atoms with Crippen molar-refractivity contribution in [2.24, 2.45) is 5.92 Å². The molecular weight excluding hydrogens is 284 g/mol. The molecule has 0 aliphatic carbocycles. The number of aliphatic carboxylic acids is 1. The van der Waals surface area contributed by atoms with Gasteiger partial charge in [-0.2, -0.15) is 0 Å². The van der Waals surface area contributed by atoms with Gasteiger partial charge < -0.3 is 14.9 Å². The average Bonchev–Trinajstić information content (AvgIpc) is 2.86. The van der Waals surface area contributed by atoms with Gasteiger partial charge in [0, 0.05) is 24.0 Å². The normalized spacial score (nSPS) is 17.9. The Morgan fingerprint density at radius 1 is 1.52 bits per heavy atom. The van der Waals surface area contributed by atoms with E-state index < -0.39 is 5.97 Å². The SMILES string of the molecule is CN1CCC(CN(C)Cc2sccc2C=CC(=O)O)CC1. The molecule has 0 bridgehead atoms. The molecule has 0 saturated carbocycles. The lowest BCUT2D eigenvalue weighted by atomic mass is 9.96. The second-order valence-electron chi connectivity index (χ2n) is 5.91. The Labute approximate surface area is 130 Å². The van der Waals surface area contributed by atoms with Gasteiger partial charge in [-0.1, -0.05) is 0 Å². The largest absolute Gasteiger partial charge is 0.478 e. The second-order valence-corrected chi connectivity index (χ2v) is 6.91. The molecule has 1 saturated heterocycles. The minimum atomic E-state index is -0.896. The second kappa shape index (κ2) is 7.73. The third-order valence-electron chi connectivity index (χ3n) is 4.01. The van der Waals surface area contributed by atoms with Crippen molar-refractivity contribution in [1.82, 2.24) is 9.80 Å². The Bertz CT molecular complexity index is 490. The predicted octanol–water partition coefficient (Wildman–Crippen LogP) is 2.62. The molecule has 0 spiro atoms. The molecule has 2 rings (SSSR count). The van der Waals surface area contributed by atoms with E-state index in [4.69, 9.17) is 5.11 Å². The Kier molecular flexibility index (Phi) is 5.96. The number of piperidine rings is 1. The number of rotatable bonds is 6. The fourth-order valence-electron chi connectivity index (χ4n) is 2.78. The first-order valence-corrected chi connectivity index (χ1v) is 8.27. The first kappa shape index (κ1) is 16.2. The molecule has 1 aliphatic rings. The van der Waals surface area contributed by atoms with E-state index in [2.05, 4.69) is 23.9 Å². The minimum absolute atomic E-state index is 0.782. The van der Waals surface area contributed by atoms with Crippen molar-refractivity contribution in [3.63, 3.8) is 0 Å². The third-order valence-corrected chi connectivity index (χ3v) is 4.93. The average molecular weight is 308 g/mol. The van der Waals surface area contributed by atoms with Crippen LogP contribution in [0.5, 0.6) is 0 Å². The van der Waals surface area contributed by atoms with Gasteiger partial charge >= 0.3 is 5.97 Å². The van der Waals surface area contributed by atoms with E-state index in [1.165, 1.54) is 36.9 Å². The van der Waals surface area contributed by atoms with E-state index in [1.54, 1.807) is 17.4 Å². The zero-order valence-corrected chi connectivity index (χ0v) is 13.6. The van der Waals surface area contributed by atoms with E-state index in [0.717, 1.165) is 24.6 Å². The lowest BCUT2D eigenvalue weighted by Gasteiger charge is -2.31. The van der Waals surface area contributed by atoms with Crippen LogP contribution in [0.2, 0.25) is 0 Å². The third kappa shape index (κ3) is 5.26. The molecule has 0 radical (unpaired) electrons. The number of hydrogen-bond acceptors (Lipinski definition) is 4. The highest BCUT2D eigenvalue weighted by atomic mass is 32.1. The maximum atomic E-state index is 10.6. The van der Waals surface area contributed by atoms with Crippen molar-refractivity contribution in [2.75, 3.05) is 33.7 Å². The molecular formula is C16H24N2O2S. The van der Waals surface area contributed by atoms with Crippen LogP contribution >= 0.6 is 11.3 Å². The summed E-state index contributed by atoms with van der Waals surface area (Å²) in [5, 5.41) is 10.8. The predicted molar refractivity (Wildman–Crippen MR) is 87.5 cm³/mol. The Morgan fingerprint density at radius 3 is 2.90 bits per heavy atom. The van der Waals surface area contributed by atoms with E-state index in [0.29, 0.717) is 0 Å². The molecule has 1 aromatic heterocycles. The molecule has 21 heavy (non-hydrogen) atoms. The van der Waals surface area contributed by atoms with Crippen molar-refractivity contribution >= 4 is 23.4 Å². The molecule has 4 nitrogen and oxygen atoms in total. The molecule has 0 unspecified atom stereocenters. The monoisotopic (exact) mass is 308 g/mol. The van der Waals surface area contributed by atoms with Gasteiger partial charge in [0.25, 0.3) is 0 Å². The fourth-order valence-corrected chi connectivity index (χ4v) is 3.73. The highest BCUT2D eigenvalue weighted by Crippen LogP contribution is 2.22. The standard InChI is InChI=1S/C16H24N2O2S/c1-17-8-5-13(6-9-17)11-18(2)12-15-14(7-10-21-15)3-4-16(19)20/h3-4,7,10,13H,5-6,8-9,11-12H2,1-2H3,(H,19,20). The fraction of sp³-hybridized carbons (Fsp3) is 0.562. The van der Waals surface area contributed by atoms with Crippen LogP contribution in [0.15, 0.2) is 17.5 Å². The summed E-state index contributed by atoms with van der Waals surface area (Å²) < 4.78 is 0. The number of carboxylic acid groups (broad SMARTS) is 1. The number of hydrogen-bond donors (Lipinski definition) is 1. The van der Waals surface area contributed by atoms with Gasteiger partial charge in [0.2, 0.25) is 0 Å². The molecule has 1 aromatic rings. The number of thiophene rings is 1. The van der Waals surface area contributed by atoms with E-state index >= 15 is 0 Å². The lowest BCUT2D eigenvalue weighted by Crippen LogP contribution is -2.35. The van der Waals surface area contributed by atoms with E-state index in [9.17, 15) is 4.79 Å². The van der Waals surface area contributed by atoms with Crippen LogP contribution in [0.1, 0.15) is 23.3 Å². The zero-order valence-electron chi connectivity index (χ0n) is 12.8. The number of nitrogens with zero attached hydrogens (tertiary/aromatic N) is 2.